The van der Waals surface area contributed by atoms with E-state index in [0.717, 1.165) is 28.0 Å². The molecule has 29 heavy (non-hydrogen) atoms. The summed E-state index contributed by atoms with van der Waals surface area (Å²) in [6, 6.07) is 10.5. The highest BCUT2D eigenvalue weighted by molar-refractivity contribution is 8.01. The Kier molecular flexibility index (Phi) is 6.66. The summed E-state index contributed by atoms with van der Waals surface area (Å²) in [6.45, 7) is -0.709. The summed E-state index contributed by atoms with van der Waals surface area (Å²) in [4.78, 5) is 28.0. The molecule has 1 amide bonds. The Balaban J connectivity index is 1.51. The minimum Gasteiger partial charge on any atom is -0.455 e. The van der Waals surface area contributed by atoms with Crippen LogP contribution in [0.15, 0.2) is 46.8 Å². The van der Waals surface area contributed by atoms with Crippen molar-refractivity contribution in [1.82, 2.24) is 4.98 Å². The van der Waals surface area contributed by atoms with Crippen LogP contribution in [-0.2, 0) is 20.5 Å². The van der Waals surface area contributed by atoms with Crippen LogP contribution in [0.3, 0.4) is 0 Å². The fourth-order valence-corrected chi connectivity index (χ4v) is 4.31. The number of rotatable bonds is 6. The molecule has 5 nitrogen and oxygen atoms in total. The number of benzene rings is 2. The zero-order chi connectivity index (χ0) is 21.0. The molecule has 3 aromatic rings. The van der Waals surface area contributed by atoms with Crippen LogP contribution in [0.1, 0.15) is 5.56 Å². The maximum atomic E-state index is 13.0. The second-order valence-corrected chi connectivity index (χ2v) is 8.32. The smallest absolute Gasteiger partial charge is 0.418 e. The molecule has 3 rings (SSSR count). The number of fused-ring (bicyclic) bond motifs is 1. The Morgan fingerprint density at radius 2 is 1.97 bits per heavy atom. The van der Waals surface area contributed by atoms with Crippen LogP contribution in [0.2, 0.25) is 5.02 Å². The van der Waals surface area contributed by atoms with Gasteiger partial charge in [-0.05, 0) is 30.3 Å². The predicted octanol–water partition coefficient (Wildman–Crippen LogP) is 5.24. The van der Waals surface area contributed by atoms with E-state index in [1.807, 2.05) is 24.3 Å². The first-order valence-electron chi connectivity index (χ1n) is 8.03. The van der Waals surface area contributed by atoms with Crippen molar-refractivity contribution in [3.8, 4) is 0 Å². The zero-order valence-electron chi connectivity index (χ0n) is 14.5. The number of hydrogen-bond donors (Lipinski definition) is 1. The minimum absolute atomic E-state index is 0.0815. The monoisotopic (exact) mass is 460 g/mol. The Bertz CT molecular complexity index is 1020. The van der Waals surface area contributed by atoms with Gasteiger partial charge in [0, 0.05) is 5.02 Å². The third kappa shape index (κ3) is 5.84. The molecular formula is C18H12ClF3N2O3S2. The summed E-state index contributed by atoms with van der Waals surface area (Å²) in [5, 5.41) is 1.96. The maximum absolute atomic E-state index is 13.0. The number of thioether (sulfide) groups is 1. The molecule has 11 heteroatoms. The number of nitrogens with zero attached hydrogens (tertiary/aromatic N) is 1. The number of ether oxygens (including phenoxy) is 1. The number of esters is 1. The van der Waals surface area contributed by atoms with E-state index in [1.165, 1.54) is 17.4 Å². The second kappa shape index (κ2) is 9.02. The highest BCUT2D eigenvalue weighted by Crippen LogP contribution is 2.36. The van der Waals surface area contributed by atoms with Gasteiger partial charge < -0.3 is 10.1 Å². The van der Waals surface area contributed by atoms with Crippen LogP contribution in [0, 0.1) is 0 Å². The lowest BCUT2D eigenvalue weighted by Gasteiger charge is -2.14. The fraction of sp³-hybridized carbons (Fsp3) is 0.167. The molecule has 0 unspecified atom stereocenters. The first kappa shape index (κ1) is 21.4. The molecule has 0 radical (unpaired) electrons. The molecule has 0 aliphatic rings. The van der Waals surface area contributed by atoms with Crippen molar-refractivity contribution in [2.45, 2.75) is 10.5 Å². The van der Waals surface area contributed by atoms with E-state index in [4.69, 9.17) is 16.3 Å². The van der Waals surface area contributed by atoms with E-state index in [2.05, 4.69) is 10.3 Å². The summed E-state index contributed by atoms with van der Waals surface area (Å²) >= 11 is 8.16. The van der Waals surface area contributed by atoms with Gasteiger partial charge in [-0.25, -0.2) is 4.98 Å². The number of hydrogen-bond acceptors (Lipinski definition) is 6. The average Bonchev–Trinajstić information content (AvgIpc) is 3.08. The fourth-order valence-electron chi connectivity index (χ4n) is 2.27. The summed E-state index contributed by atoms with van der Waals surface area (Å²) < 4.78 is 45.6. The van der Waals surface area contributed by atoms with Crippen molar-refractivity contribution in [2.24, 2.45) is 0 Å². The van der Waals surface area contributed by atoms with Crippen LogP contribution in [0.5, 0.6) is 0 Å². The maximum Gasteiger partial charge on any atom is 0.418 e. The van der Waals surface area contributed by atoms with Crippen LogP contribution < -0.4 is 5.32 Å². The molecule has 1 heterocycles. The SMILES string of the molecule is O=C(COC(=O)CSc1nc2ccccc2s1)Nc1ccc(Cl)cc1C(F)(F)F. The van der Waals surface area contributed by atoms with Gasteiger partial charge in [0.1, 0.15) is 0 Å². The number of halogens is 4. The van der Waals surface area contributed by atoms with E-state index in [9.17, 15) is 22.8 Å². The van der Waals surface area contributed by atoms with Crippen molar-refractivity contribution < 1.29 is 27.5 Å². The summed E-state index contributed by atoms with van der Waals surface area (Å²) in [7, 11) is 0. The lowest BCUT2D eigenvalue weighted by molar-refractivity contribution is -0.144. The van der Waals surface area contributed by atoms with Gasteiger partial charge in [-0.3, -0.25) is 9.59 Å². The van der Waals surface area contributed by atoms with Crippen LogP contribution >= 0.6 is 34.7 Å². The van der Waals surface area contributed by atoms with E-state index in [-0.39, 0.29) is 10.8 Å². The van der Waals surface area contributed by atoms with Gasteiger partial charge in [0.2, 0.25) is 0 Å². The molecule has 0 aliphatic heterocycles. The first-order chi connectivity index (χ1) is 13.7. The number of nitrogens with one attached hydrogen (secondary N) is 1. The van der Waals surface area contributed by atoms with Gasteiger partial charge >= 0.3 is 12.1 Å². The van der Waals surface area contributed by atoms with Gasteiger partial charge in [-0.15, -0.1) is 11.3 Å². The van der Waals surface area contributed by atoms with Crippen LogP contribution in [-0.4, -0.2) is 29.2 Å². The van der Waals surface area contributed by atoms with Gasteiger partial charge in [0.15, 0.2) is 10.9 Å². The van der Waals surface area contributed by atoms with Gasteiger partial charge in [0.25, 0.3) is 5.91 Å². The summed E-state index contributed by atoms with van der Waals surface area (Å²) in [5.41, 5.74) is -0.737. The zero-order valence-corrected chi connectivity index (χ0v) is 16.8. The third-order valence-corrected chi connectivity index (χ3v) is 5.90. The summed E-state index contributed by atoms with van der Waals surface area (Å²) in [5.74, 6) is -1.66. The van der Waals surface area contributed by atoms with Gasteiger partial charge in [0.05, 0.1) is 27.2 Å². The van der Waals surface area contributed by atoms with Crippen molar-refractivity contribution in [3.05, 3.63) is 53.1 Å². The minimum atomic E-state index is -4.70. The van der Waals surface area contributed by atoms with Crippen LogP contribution in [0.25, 0.3) is 10.2 Å². The Morgan fingerprint density at radius 3 is 2.69 bits per heavy atom. The molecule has 0 saturated carbocycles. The third-order valence-electron chi connectivity index (χ3n) is 3.51. The van der Waals surface area contributed by atoms with E-state index >= 15 is 0 Å². The topological polar surface area (TPSA) is 68.3 Å². The molecule has 0 bridgehead atoms. The average molecular weight is 461 g/mol. The lowest BCUT2D eigenvalue weighted by Crippen LogP contribution is -2.23. The Morgan fingerprint density at radius 1 is 1.21 bits per heavy atom. The molecule has 1 aromatic heterocycles. The normalized spacial score (nSPS) is 11.4. The van der Waals surface area contributed by atoms with Crippen molar-refractivity contribution in [3.63, 3.8) is 0 Å². The van der Waals surface area contributed by atoms with Crippen LogP contribution in [0.4, 0.5) is 18.9 Å². The standard InChI is InChI=1S/C18H12ClF3N2O3S2/c19-10-5-6-12(11(7-10)18(20,21)22)23-15(25)8-27-16(26)9-28-17-24-13-3-1-2-4-14(13)29-17/h1-7H,8-9H2,(H,23,25). The highest BCUT2D eigenvalue weighted by atomic mass is 35.5. The summed E-state index contributed by atoms with van der Waals surface area (Å²) in [6.07, 6.45) is -4.70. The van der Waals surface area contributed by atoms with Crippen molar-refractivity contribution >= 4 is 62.5 Å². The van der Waals surface area contributed by atoms with E-state index in [0.29, 0.717) is 10.4 Å². The number of carbonyl (C=O) groups is 2. The predicted molar refractivity (Wildman–Crippen MR) is 106 cm³/mol. The highest BCUT2D eigenvalue weighted by Gasteiger charge is 2.34. The van der Waals surface area contributed by atoms with E-state index < -0.39 is 35.9 Å². The quantitative estimate of drug-likeness (QED) is 0.402. The number of para-hydroxylation sites is 1. The van der Waals surface area contributed by atoms with Gasteiger partial charge in [-0.2, -0.15) is 13.2 Å². The largest absolute Gasteiger partial charge is 0.455 e. The number of carbonyl (C=O) groups excluding carboxylic acids is 2. The van der Waals surface area contributed by atoms with Gasteiger partial charge in [-0.1, -0.05) is 35.5 Å². The number of thiazole rings is 1. The van der Waals surface area contributed by atoms with Crippen molar-refractivity contribution in [1.29, 1.82) is 0 Å². The van der Waals surface area contributed by atoms with E-state index in [1.54, 1.807) is 0 Å². The first-order valence-corrected chi connectivity index (χ1v) is 10.2. The lowest BCUT2D eigenvalue weighted by atomic mass is 10.1. The number of alkyl halides is 3. The Hall–Kier alpha value is -2.30. The molecule has 1 N–H and O–H groups in total. The Labute approximate surface area is 176 Å². The number of amides is 1. The molecule has 0 atom stereocenters. The molecule has 0 saturated heterocycles. The number of aromatic nitrogens is 1. The number of anilines is 1. The molecule has 2 aromatic carbocycles. The molecule has 152 valence electrons. The van der Waals surface area contributed by atoms with Crippen molar-refractivity contribution in [2.75, 3.05) is 17.7 Å². The second-order valence-electron chi connectivity index (χ2n) is 5.63. The molecular weight excluding hydrogens is 449 g/mol. The molecule has 0 fully saturated rings. The molecule has 0 aliphatic carbocycles. The molecule has 0 spiro atoms.